The summed E-state index contributed by atoms with van der Waals surface area (Å²) in [5.74, 6) is -1.76. The molecule has 0 unspecified atom stereocenters. The van der Waals surface area contributed by atoms with E-state index in [1.54, 1.807) is 25.1 Å². The molecular weight excluding hydrogens is 383 g/mol. The first-order valence-electron chi connectivity index (χ1n) is 8.00. The maximum atomic E-state index is 12.7. The van der Waals surface area contributed by atoms with Crippen LogP contribution in [0.3, 0.4) is 0 Å². The zero-order valence-corrected chi connectivity index (χ0v) is 15.1. The first kappa shape index (κ1) is 19.2. The second kappa shape index (κ2) is 6.84. The van der Waals surface area contributed by atoms with Crippen molar-refractivity contribution in [2.24, 2.45) is 0 Å². The molecule has 1 aliphatic heterocycles. The minimum absolute atomic E-state index is 0.0666. The predicted molar refractivity (Wildman–Crippen MR) is 91.4 cm³/mol. The van der Waals surface area contributed by atoms with E-state index >= 15 is 0 Å². The van der Waals surface area contributed by atoms with E-state index in [0.717, 1.165) is 0 Å². The van der Waals surface area contributed by atoms with Gasteiger partial charge in [0.25, 0.3) is 10.0 Å². The summed E-state index contributed by atoms with van der Waals surface area (Å²) >= 11 is 0. The highest BCUT2D eigenvalue weighted by atomic mass is 32.2. The highest BCUT2D eigenvalue weighted by Gasteiger charge is 2.43. The Morgan fingerprint density at radius 1 is 1.22 bits per heavy atom. The van der Waals surface area contributed by atoms with Crippen LogP contribution in [0.2, 0.25) is 0 Å². The average Bonchev–Trinajstić information content (AvgIpc) is 2.61. The molecule has 3 rings (SSSR count). The number of rotatable bonds is 3. The number of anilines is 1. The molecule has 1 aliphatic rings. The van der Waals surface area contributed by atoms with Crippen molar-refractivity contribution in [1.29, 1.82) is 0 Å². The van der Waals surface area contributed by atoms with Gasteiger partial charge in [-0.3, -0.25) is 9.52 Å². The fourth-order valence-corrected chi connectivity index (χ4v) is 3.96. The Hall–Kier alpha value is -2.62. The zero-order valence-electron chi connectivity index (χ0n) is 14.2. The highest BCUT2D eigenvalue weighted by molar-refractivity contribution is 7.92. The molecule has 10 heteroatoms. The van der Waals surface area contributed by atoms with Crippen molar-refractivity contribution in [2.45, 2.75) is 31.0 Å². The molecule has 27 heavy (non-hydrogen) atoms. The van der Waals surface area contributed by atoms with Crippen molar-refractivity contribution in [3.8, 4) is 0 Å². The lowest BCUT2D eigenvalue weighted by atomic mass is 10.00. The number of nitrogens with zero attached hydrogens (tertiary/aromatic N) is 2. The molecule has 0 aliphatic carbocycles. The number of sulfonamides is 1. The Morgan fingerprint density at radius 3 is 2.63 bits per heavy atom. The third-order valence-corrected chi connectivity index (χ3v) is 5.61. The maximum absolute atomic E-state index is 12.7. The van der Waals surface area contributed by atoms with E-state index in [2.05, 4.69) is 9.71 Å². The largest absolute Gasteiger partial charge is 0.471 e. The van der Waals surface area contributed by atoms with Gasteiger partial charge in [-0.25, -0.2) is 13.4 Å². The smallest absolute Gasteiger partial charge is 0.330 e. The van der Waals surface area contributed by atoms with Crippen LogP contribution in [-0.4, -0.2) is 36.9 Å². The lowest BCUT2D eigenvalue weighted by Crippen LogP contribution is -2.43. The fraction of sp³-hybridized carbons (Fsp3) is 0.294. The predicted octanol–water partition coefficient (Wildman–Crippen LogP) is 2.64. The van der Waals surface area contributed by atoms with Crippen LogP contribution in [-0.2, 0) is 27.8 Å². The van der Waals surface area contributed by atoms with Crippen LogP contribution in [0.4, 0.5) is 19.0 Å². The fourth-order valence-electron chi connectivity index (χ4n) is 2.83. The number of fused-ring (bicyclic) bond motifs is 1. The van der Waals surface area contributed by atoms with Crippen LogP contribution in [0.25, 0.3) is 0 Å². The van der Waals surface area contributed by atoms with Crippen LogP contribution in [0, 0.1) is 6.92 Å². The van der Waals surface area contributed by atoms with E-state index < -0.39 is 22.1 Å². The first-order chi connectivity index (χ1) is 12.6. The maximum Gasteiger partial charge on any atom is 0.471 e. The number of aryl methyl sites for hydroxylation is 1. The molecular formula is C17H16F3N3O3S. The molecule has 144 valence electrons. The third-order valence-electron chi connectivity index (χ3n) is 4.27. The Kier molecular flexibility index (Phi) is 4.85. The molecule has 1 amide bonds. The van der Waals surface area contributed by atoms with Crippen LogP contribution in [0.5, 0.6) is 0 Å². The molecule has 0 fully saturated rings. The lowest BCUT2D eigenvalue weighted by molar-refractivity contribution is -0.186. The molecule has 2 heterocycles. The van der Waals surface area contributed by atoms with Crippen LogP contribution < -0.4 is 4.72 Å². The summed E-state index contributed by atoms with van der Waals surface area (Å²) in [5.41, 5.74) is 1.72. The molecule has 0 radical (unpaired) electrons. The number of hydrogen-bond donors (Lipinski definition) is 1. The minimum Gasteiger partial charge on any atom is -0.330 e. The summed E-state index contributed by atoms with van der Waals surface area (Å²) in [7, 11) is -3.97. The molecule has 0 saturated carbocycles. The third kappa shape index (κ3) is 4.05. The molecule has 1 N–H and O–H groups in total. The SMILES string of the molecule is Cc1cccnc1NS(=O)(=O)c1ccc2c(c1)CN(C(=O)C(F)(F)F)CC2. The molecule has 2 aromatic rings. The molecule has 0 spiro atoms. The summed E-state index contributed by atoms with van der Waals surface area (Å²) in [6, 6.07) is 7.60. The summed E-state index contributed by atoms with van der Waals surface area (Å²) in [5, 5.41) is 0. The Bertz CT molecular complexity index is 990. The molecule has 0 saturated heterocycles. The quantitative estimate of drug-likeness (QED) is 0.861. The van der Waals surface area contributed by atoms with Gasteiger partial charge in [0.05, 0.1) is 4.90 Å². The number of nitrogens with one attached hydrogen (secondary N) is 1. The topological polar surface area (TPSA) is 79.4 Å². The Labute approximate surface area is 154 Å². The lowest BCUT2D eigenvalue weighted by Gasteiger charge is -2.29. The second-order valence-corrected chi connectivity index (χ2v) is 7.86. The molecule has 1 aromatic heterocycles. The van der Waals surface area contributed by atoms with Crippen LogP contribution in [0.15, 0.2) is 41.4 Å². The highest BCUT2D eigenvalue weighted by Crippen LogP contribution is 2.27. The van der Waals surface area contributed by atoms with Gasteiger partial charge in [-0.05, 0) is 48.2 Å². The molecule has 0 atom stereocenters. The number of halogens is 3. The number of hydrogen-bond acceptors (Lipinski definition) is 4. The van der Waals surface area contributed by atoms with Crippen LogP contribution in [0.1, 0.15) is 16.7 Å². The number of carbonyl (C=O) groups is 1. The Balaban J connectivity index is 1.88. The number of alkyl halides is 3. The van der Waals surface area contributed by atoms with E-state index in [9.17, 15) is 26.4 Å². The van der Waals surface area contributed by atoms with Gasteiger partial charge < -0.3 is 4.90 Å². The molecule has 0 bridgehead atoms. The van der Waals surface area contributed by atoms with Gasteiger partial charge in [0, 0.05) is 19.3 Å². The van der Waals surface area contributed by atoms with Gasteiger partial charge in [0.15, 0.2) is 0 Å². The van der Waals surface area contributed by atoms with Crippen molar-refractivity contribution >= 4 is 21.7 Å². The minimum atomic E-state index is -4.96. The van der Waals surface area contributed by atoms with E-state index in [1.807, 2.05) is 0 Å². The van der Waals surface area contributed by atoms with Crippen molar-refractivity contribution in [3.05, 3.63) is 53.2 Å². The van der Waals surface area contributed by atoms with Crippen LogP contribution >= 0.6 is 0 Å². The van der Waals surface area contributed by atoms with Gasteiger partial charge >= 0.3 is 12.1 Å². The summed E-state index contributed by atoms with van der Waals surface area (Å²) in [4.78, 5) is 16.0. The van der Waals surface area contributed by atoms with E-state index in [4.69, 9.17) is 0 Å². The Morgan fingerprint density at radius 2 is 1.96 bits per heavy atom. The average molecular weight is 399 g/mol. The number of pyridine rings is 1. The second-order valence-electron chi connectivity index (χ2n) is 6.18. The van der Waals surface area contributed by atoms with Gasteiger partial charge in [-0.15, -0.1) is 0 Å². The number of benzene rings is 1. The summed E-state index contributed by atoms with van der Waals surface area (Å²) in [6.45, 7) is 1.33. The van der Waals surface area contributed by atoms with Crippen molar-refractivity contribution in [2.75, 3.05) is 11.3 Å². The van der Waals surface area contributed by atoms with Crippen molar-refractivity contribution in [1.82, 2.24) is 9.88 Å². The number of aromatic nitrogens is 1. The molecule has 1 aromatic carbocycles. The van der Waals surface area contributed by atoms with E-state index in [1.165, 1.54) is 18.3 Å². The van der Waals surface area contributed by atoms with Crippen molar-refractivity contribution in [3.63, 3.8) is 0 Å². The van der Waals surface area contributed by atoms with Gasteiger partial charge in [0.2, 0.25) is 0 Å². The van der Waals surface area contributed by atoms with Gasteiger partial charge in [0.1, 0.15) is 5.82 Å². The standard InChI is InChI=1S/C17H16F3N3O3S/c1-11-3-2-7-21-15(11)22-27(25,26)14-5-4-12-6-8-23(10-13(12)9-14)16(24)17(18,19)20/h2-5,7,9H,6,8,10H2,1H3,(H,21,22). The van der Waals surface area contributed by atoms with E-state index in [-0.39, 0.29) is 30.2 Å². The number of carbonyl (C=O) groups excluding carboxylic acids is 1. The molecule has 6 nitrogen and oxygen atoms in total. The number of amides is 1. The summed E-state index contributed by atoms with van der Waals surface area (Å²) in [6.07, 6.45) is -3.29. The van der Waals surface area contributed by atoms with Gasteiger partial charge in [-0.1, -0.05) is 12.1 Å². The first-order valence-corrected chi connectivity index (χ1v) is 9.48. The normalized spacial score (nSPS) is 14.6. The summed E-state index contributed by atoms with van der Waals surface area (Å²) < 4.78 is 65.5. The van der Waals surface area contributed by atoms with Gasteiger partial charge in [-0.2, -0.15) is 13.2 Å². The monoisotopic (exact) mass is 399 g/mol. The van der Waals surface area contributed by atoms with E-state index in [0.29, 0.717) is 21.6 Å². The zero-order chi connectivity index (χ0) is 19.8. The van der Waals surface area contributed by atoms with Crippen molar-refractivity contribution < 1.29 is 26.4 Å².